The summed E-state index contributed by atoms with van der Waals surface area (Å²) in [6, 6.07) is 23.4. The van der Waals surface area contributed by atoms with Crippen LogP contribution in [0.15, 0.2) is 114 Å². The van der Waals surface area contributed by atoms with E-state index in [-0.39, 0.29) is 10.6 Å². The van der Waals surface area contributed by atoms with Crippen molar-refractivity contribution < 1.29 is 31.2 Å². The first-order valence-electron chi connectivity index (χ1n) is 12.7. The van der Waals surface area contributed by atoms with Gasteiger partial charge in [0, 0.05) is 5.69 Å². The summed E-state index contributed by atoms with van der Waals surface area (Å²) in [5.74, 6) is 0. The second kappa shape index (κ2) is 12.8. The average molecular weight is 597 g/mol. The third-order valence-corrected chi connectivity index (χ3v) is 7.60. The van der Waals surface area contributed by atoms with Crippen molar-refractivity contribution in [1.29, 1.82) is 0 Å². The van der Waals surface area contributed by atoms with Crippen LogP contribution in [0.5, 0.6) is 0 Å². The van der Waals surface area contributed by atoms with Crippen molar-refractivity contribution in [2.45, 2.75) is 30.1 Å². The second-order valence-electron chi connectivity index (χ2n) is 9.34. The number of halogens is 3. The number of sulfonamides is 1. The van der Waals surface area contributed by atoms with E-state index in [4.69, 9.17) is 0 Å². The molecule has 0 aromatic heterocycles. The molecule has 4 rings (SSSR count). The van der Waals surface area contributed by atoms with E-state index in [1.165, 1.54) is 12.1 Å². The summed E-state index contributed by atoms with van der Waals surface area (Å²) in [6.07, 6.45) is -4.53. The first-order chi connectivity index (χ1) is 19.9. The lowest BCUT2D eigenvalue weighted by Gasteiger charge is -2.30. The zero-order chi connectivity index (χ0) is 30.3. The van der Waals surface area contributed by atoms with Gasteiger partial charge in [-0.15, -0.1) is 0 Å². The molecule has 0 heterocycles. The quantitative estimate of drug-likeness (QED) is 0.191. The highest BCUT2D eigenvalue weighted by atomic mass is 32.2. The third-order valence-electron chi connectivity index (χ3n) is 6.25. The van der Waals surface area contributed by atoms with Gasteiger partial charge in [0.1, 0.15) is 0 Å². The van der Waals surface area contributed by atoms with E-state index in [9.17, 15) is 31.2 Å². The van der Waals surface area contributed by atoms with Gasteiger partial charge in [-0.1, -0.05) is 78.4 Å². The Labute approximate surface area is 241 Å². The molecule has 4 amide bonds. The van der Waals surface area contributed by atoms with Crippen molar-refractivity contribution in [1.82, 2.24) is 15.4 Å². The van der Waals surface area contributed by atoms with Gasteiger partial charge >= 0.3 is 18.2 Å². The Morgan fingerprint density at radius 3 is 1.62 bits per heavy atom. The van der Waals surface area contributed by atoms with Gasteiger partial charge in [-0.3, -0.25) is 0 Å². The first kappa shape index (κ1) is 30.1. The smallest absolute Gasteiger partial charge is 0.329 e. The maximum Gasteiger partial charge on any atom is 0.416 e. The van der Waals surface area contributed by atoms with Crippen LogP contribution in [0.3, 0.4) is 0 Å². The highest BCUT2D eigenvalue weighted by molar-refractivity contribution is 7.90. The third kappa shape index (κ3) is 7.88. The van der Waals surface area contributed by atoms with Crippen molar-refractivity contribution in [3.8, 4) is 0 Å². The summed E-state index contributed by atoms with van der Waals surface area (Å²) in [4.78, 5) is 26.1. The summed E-state index contributed by atoms with van der Waals surface area (Å²) in [7, 11) is -4.21. The van der Waals surface area contributed by atoms with Crippen molar-refractivity contribution in [3.63, 3.8) is 0 Å². The zero-order valence-corrected chi connectivity index (χ0v) is 23.0. The minimum absolute atomic E-state index is 0.104. The van der Waals surface area contributed by atoms with Gasteiger partial charge in [0.15, 0.2) is 0 Å². The molecule has 0 aliphatic rings. The molecule has 0 spiro atoms. The normalized spacial score (nSPS) is 13.0. The van der Waals surface area contributed by atoms with Gasteiger partial charge in [0.05, 0.1) is 22.5 Å². The number of amides is 4. The van der Waals surface area contributed by atoms with Crippen LogP contribution in [0.2, 0.25) is 0 Å². The van der Waals surface area contributed by atoms with Gasteiger partial charge in [0.2, 0.25) is 0 Å². The van der Waals surface area contributed by atoms with Crippen LogP contribution in [0.4, 0.5) is 28.4 Å². The molecular weight excluding hydrogens is 569 g/mol. The average Bonchev–Trinajstić information content (AvgIpc) is 2.95. The van der Waals surface area contributed by atoms with E-state index in [1.54, 1.807) is 79.7 Å². The lowest BCUT2D eigenvalue weighted by atomic mass is 9.93. The Hall–Kier alpha value is -4.84. The fourth-order valence-electron chi connectivity index (χ4n) is 4.16. The molecule has 4 N–H and O–H groups in total. The van der Waals surface area contributed by atoms with E-state index in [2.05, 4.69) is 16.0 Å². The van der Waals surface area contributed by atoms with Crippen molar-refractivity contribution in [2.75, 3.05) is 5.32 Å². The molecule has 0 radical (unpaired) electrons. The van der Waals surface area contributed by atoms with Crippen LogP contribution in [-0.4, -0.2) is 20.5 Å². The lowest BCUT2D eigenvalue weighted by molar-refractivity contribution is -0.137. The van der Waals surface area contributed by atoms with E-state index in [0.717, 1.165) is 29.8 Å². The molecule has 0 saturated carbocycles. The maximum absolute atomic E-state index is 13.1. The van der Waals surface area contributed by atoms with E-state index >= 15 is 0 Å². The number of urea groups is 2. The number of carbonyl (C=O) groups excluding carboxylic acids is 2. The number of nitrogens with one attached hydrogen (secondary N) is 4. The van der Waals surface area contributed by atoms with Crippen LogP contribution < -0.4 is 20.7 Å². The fourth-order valence-corrected chi connectivity index (χ4v) is 5.07. The summed E-state index contributed by atoms with van der Waals surface area (Å²) >= 11 is 0. The van der Waals surface area contributed by atoms with Crippen LogP contribution in [0.25, 0.3) is 0 Å². The van der Waals surface area contributed by atoms with Gasteiger partial charge < -0.3 is 16.0 Å². The molecule has 2 atom stereocenters. The number of benzene rings is 4. The molecule has 0 fully saturated rings. The number of alkyl halides is 3. The lowest BCUT2D eigenvalue weighted by Crippen LogP contribution is -2.46. The molecular formula is C30H27F3N4O4S. The Morgan fingerprint density at radius 1 is 0.667 bits per heavy atom. The van der Waals surface area contributed by atoms with E-state index in [0.29, 0.717) is 11.1 Å². The van der Waals surface area contributed by atoms with Gasteiger partial charge in [-0.25, -0.2) is 22.7 Å². The number of aryl methyl sites for hydroxylation is 1. The van der Waals surface area contributed by atoms with Crippen LogP contribution in [-0.2, 0) is 16.2 Å². The summed E-state index contributed by atoms with van der Waals surface area (Å²) < 4.78 is 66.5. The SMILES string of the molecule is Cc1ccc(S(=O)(=O)NC(=O)NC(c2ccccc2)C(NC(=O)Nc2ccc(C(F)(F)F)cc2)c2ccccc2)cc1. The molecule has 0 aliphatic carbocycles. The minimum Gasteiger partial charge on any atom is -0.329 e. The standard InChI is InChI=1S/C30H27F3N4O4S/c1-20-12-18-25(19-13-20)42(40,41)37-29(39)36-27(22-10-6-3-7-11-22)26(21-8-4-2-5-9-21)35-28(38)34-24-16-14-23(15-17-24)30(31,32)33/h2-19,26-27H,1H3,(H2,34,35,38)(H2,36,37,39). The molecule has 218 valence electrons. The largest absolute Gasteiger partial charge is 0.416 e. The predicted octanol–water partition coefficient (Wildman–Crippen LogP) is 6.31. The number of anilines is 1. The van der Waals surface area contributed by atoms with Crippen molar-refractivity contribution >= 4 is 27.8 Å². The predicted molar refractivity (Wildman–Crippen MR) is 152 cm³/mol. The highest BCUT2D eigenvalue weighted by Crippen LogP contribution is 2.31. The molecule has 42 heavy (non-hydrogen) atoms. The van der Waals surface area contributed by atoms with Gasteiger partial charge in [0.25, 0.3) is 10.0 Å². The molecule has 0 bridgehead atoms. The molecule has 8 nitrogen and oxygen atoms in total. The molecule has 12 heteroatoms. The second-order valence-corrected chi connectivity index (χ2v) is 11.0. The first-order valence-corrected chi connectivity index (χ1v) is 14.2. The van der Waals surface area contributed by atoms with Gasteiger partial charge in [-0.2, -0.15) is 13.2 Å². The number of hydrogen-bond donors (Lipinski definition) is 4. The monoisotopic (exact) mass is 596 g/mol. The summed E-state index contributed by atoms with van der Waals surface area (Å²) in [5, 5.41) is 7.94. The molecule has 2 unspecified atom stereocenters. The maximum atomic E-state index is 13.1. The van der Waals surface area contributed by atoms with Crippen LogP contribution >= 0.6 is 0 Å². The van der Waals surface area contributed by atoms with Crippen LogP contribution in [0, 0.1) is 6.92 Å². The van der Waals surface area contributed by atoms with Gasteiger partial charge in [-0.05, 0) is 54.4 Å². The van der Waals surface area contributed by atoms with E-state index in [1.807, 2.05) is 4.72 Å². The number of carbonyl (C=O) groups is 2. The minimum atomic E-state index is -4.53. The molecule has 0 aliphatic heterocycles. The van der Waals surface area contributed by atoms with E-state index < -0.39 is 45.9 Å². The van der Waals surface area contributed by atoms with Crippen molar-refractivity contribution in [2.24, 2.45) is 0 Å². The number of hydrogen-bond acceptors (Lipinski definition) is 4. The Bertz CT molecular complexity index is 1620. The fraction of sp³-hybridized carbons (Fsp3) is 0.133. The highest BCUT2D eigenvalue weighted by Gasteiger charge is 2.31. The summed E-state index contributed by atoms with van der Waals surface area (Å²) in [5.41, 5.74) is 1.20. The Kier molecular flexibility index (Phi) is 9.16. The molecule has 4 aromatic rings. The topological polar surface area (TPSA) is 116 Å². The number of rotatable bonds is 8. The zero-order valence-electron chi connectivity index (χ0n) is 22.2. The molecule has 0 saturated heterocycles. The van der Waals surface area contributed by atoms with Crippen molar-refractivity contribution in [3.05, 3.63) is 131 Å². The molecule has 4 aromatic carbocycles. The van der Waals surface area contributed by atoms with Crippen LogP contribution in [0.1, 0.15) is 34.3 Å². The summed E-state index contributed by atoms with van der Waals surface area (Å²) in [6.45, 7) is 1.80. The Morgan fingerprint density at radius 2 is 1.14 bits per heavy atom. The Balaban J connectivity index is 1.60.